The number of nitrogens with zero attached hydrogens (tertiary/aromatic N) is 3. The number of carbonyl (C=O) groups is 1. The van der Waals surface area contributed by atoms with Crippen LogP contribution in [0.3, 0.4) is 0 Å². The molecule has 0 saturated heterocycles. The van der Waals surface area contributed by atoms with E-state index in [1.54, 1.807) is 11.9 Å². The van der Waals surface area contributed by atoms with Crippen molar-refractivity contribution in [3.63, 3.8) is 0 Å². The highest BCUT2D eigenvalue weighted by Crippen LogP contribution is 2.34. The van der Waals surface area contributed by atoms with Crippen molar-refractivity contribution in [1.82, 2.24) is 14.5 Å². The number of halogens is 3. The summed E-state index contributed by atoms with van der Waals surface area (Å²) in [6.45, 7) is 0.418. The standard InChI is InChI=1S/C20H24F3N3O/c1-25(12-16-9-3-2-4-10-16)19(27)17(11-15-7-5-6-8-15)26-13-18(24-14-26)20(21,22)23/h2-4,9-10,13-15,17H,5-8,11-12H2,1H3/t17-/m0/s1. The largest absolute Gasteiger partial charge is 0.434 e. The van der Waals surface area contributed by atoms with Gasteiger partial charge < -0.3 is 9.47 Å². The van der Waals surface area contributed by atoms with E-state index in [1.807, 2.05) is 30.3 Å². The number of aromatic nitrogens is 2. The van der Waals surface area contributed by atoms with Crippen LogP contribution in [0.2, 0.25) is 0 Å². The van der Waals surface area contributed by atoms with Gasteiger partial charge in [-0.2, -0.15) is 13.2 Å². The molecule has 1 heterocycles. The second-order valence-electron chi connectivity index (χ2n) is 7.29. The summed E-state index contributed by atoms with van der Waals surface area (Å²) in [6.07, 6.45) is 2.39. The van der Waals surface area contributed by atoms with Gasteiger partial charge in [0.25, 0.3) is 0 Å². The molecule has 1 atom stereocenters. The van der Waals surface area contributed by atoms with E-state index >= 15 is 0 Å². The van der Waals surface area contributed by atoms with E-state index in [-0.39, 0.29) is 5.91 Å². The van der Waals surface area contributed by atoms with Gasteiger partial charge in [0.15, 0.2) is 5.69 Å². The van der Waals surface area contributed by atoms with Gasteiger partial charge in [0.1, 0.15) is 6.04 Å². The van der Waals surface area contributed by atoms with Gasteiger partial charge in [-0.15, -0.1) is 0 Å². The van der Waals surface area contributed by atoms with Crippen molar-refractivity contribution in [1.29, 1.82) is 0 Å². The molecular formula is C20H24F3N3O. The lowest BCUT2D eigenvalue weighted by Gasteiger charge is -2.26. The fourth-order valence-electron chi connectivity index (χ4n) is 3.76. The lowest BCUT2D eigenvalue weighted by molar-refractivity contribution is -0.141. The first-order chi connectivity index (χ1) is 12.8. The van der Waals surface area contributed by atoms with Crippen LogP contribution in [0.5, 0.6) is 0 Å². The molecule has 1 aliphatic carbocycles. The highest BCUT2D eigenvalue weighted by atomic mass is 19.4. The molecule has 0 N–H and O–H groups in total. The Bertz CT molecular complexity index is 751. The lowest BCUT2D eigenvalue weighted by atomic mass is 9.97. The Morgan fingerprint density at radius 1 is 1.26 bits per heavy atom. The van der Waals surface area contributed by atoms with Crippen molar-refractivity contribution in [2.45, 2.75) is 50.9 Å². The number of benzene rings is 1. The predicted molar refractivity (Wildman–Crippen MR) is 95.8 cm³/mol. The number of alkyl halides is 3. The lowest BCUT2D eigenvalue weighted by Crippen LogP contribution is -2.34. The van der Waals surface area contributed by atoms with Crippen LogP contribution in [0.15, 0.2) is 42.9 Å². The smallest absolute Gasteiger partial charge is 0.340 e. The first-order valence-electron chi connectivity index (χ1n) is 9.24. The third-order valence-corrected chi connectivity index (χ3v) is 5.21. The van der Waals surface area contributed by atoms with E-state index in [9.17, 15) is 18.0 Å². The number of rotatable bonds is 6. The van der Waals surface area contributed by atoms with E-state index in [4.69, 9.17) is 0 Å². The Labute approximate surface area is 157 Å². The predicted octanol–water partition coefficient (Wildman–Crippen LogP) is 4.68. The average molecular weight is 379 g/mol. The third-order valence-electron chi connectivity index (χ3n) is 5.21. The number of likely N-dealkylation sites (N-methyl/N-ethyl adjacent to an activating group) is 1. The monoisotopic (exact) mass is 379 g/mol. The number of amides is 1. The summed E-state index contributed by atoms with van der Waals surface area (Å²) < 4.78 is 40.2. The van der Waals surface area contributed by atoms with Crippen LogP contribution in [0.1, 0.15) is 49.4 Å². The Balaban J connectivity index is 1.80. The van der Waals surface area contributed by atoms with Crippen molar-refractivity contribution in [2.24, 2.45) is 5.92 Å². The molecule has 3 rings (SSSR count). The molecule has 27 heavy (non-hydrogen) atoms. The van der Waals surface area contributed by atoms with Gasteiger partial charge in [-0.05, 0) is 17.9 Å². The molecule has 0 spiro atoms. The molecule has 0 radical (unpaired) electrons. The first kappa shape index (κ1) is 19.5. The van der Waals surface area contributed by atoms with Gasteiger partial charge in [-0.3, -0.25) is 4.79 Å². The van der Waals surface area contributed by atoms with Gasteiger partial charge in [0.2, 0.25) is 5.91 Å². The number of imidazole rings is 1. The van der Waals surface area contributed by atoms with Crippen LogP contribution in [-0.4, -0.2) is 27.4 Å². The summed E-state index contributed by atoms with van der Waals surface area (Å²) in [7, 11) is 1.69. The molecule has 146 valence electrons. The van der Waals surface area contributed by atoms with Gasteiger partial charge in [0, 0.05) is 19.8 Å². The van der Waals surface area contributed by atoms with E-state index < -0.39 is 17.9 Å². The number of hydrogen-bond donors (Lipinski definition) is 0. The molecule has 0 unspecified atom stereocenters. The Kier molecular flexibility index (Phi) is 5.87. The summed E-state index contributed by atoms with van der Waals surface area (Å²) in [4.78, 5) is 18.2. The average Bonchev–Trinajstić information content (AvgIpc) is 3.31. The van der Waals surface area contributed by atoms with Crippen LogP contribution in [0.25, 0.3) is 0 Å². The normalized spacial score (nSPS) is 16.4. The topological polar surface area (TPSA) is 38.1 Å². The van der Waals surface area contributed by atoms with Crippen LogP contribution in [0.4, 0.5) is 13.2 Å². The van der Waals surface area contributed by atoms with E-state index in [1.165, 1.54) is 4.57 Å². The Morgan fingerprint density at radius 2 is 1.93 bits per heavy atom. The maximum atomic E-state index is 13.1. The molecule has 1 fully saturated rings. The zero-order chi connectivity index (χ0) is 19.4. The van der Waals surface area contributed by atoms with Crippen molar-refractivity contribution < 1.29 is 18.0 Å². The molecule has 1 aliphatic rings. The number of hydrogen-bond acceptors (Lipinski definition) is 2. The SMILES string of the molecule is CN(Cc1ccccc1)C(=O)[C@H](CC1CCCC1)n1cnc(C(F)(F)F)c1. The van der Waals surface area contributed by atoms with Crippen molar-refractivity contribution in [2.75, 3.05) is 7.05 Å². The summed E-state index contributed by atoms with van der Waals surface area (Å²) >= 11 is 0. The summed E-state index contributed by atoms with van der Waals surface area (Å²) in [6, 6.07) is 8.89. The van der Waals surface area contributed by atoms with Crippen LogP contribution in [-0.2, 0) is 17.5 Å². The molecule has 0 bridgehead atoms. The first-order valence-corrected chi connectivity index (χ1v) is 9.24. The minimum absolute atomic E-state index is 0.183. The highest BCUT2D eigenvalue weighted by molar-refractivity contribution is 5.80. The van der Waals surface area contributed by atoms with Crippen molar-refractivity contribution in [3.8, 4) is 0 Å². The van der Waals surface area contributed by atoms with Crippen molar-refractivity contribution in [3.05, 3.63) is 54.1 Å². The fourth-order valence-corrected chi connectivity index (χ4v) is 3.76. The number of carbonyl (C=O) groups excluding carboxylic acids is 1. The zero-order valence-corrected chi connectivity index (χ0v) is 15.3. The van der Waals surface area contributed by atoms with Crippen molar-refractivity contribution >= 4 is 5.91 Å². The minimum atomic E-state index is -4.51. The van der Waals surface area contributed by atoms with E-state index in [2.05, 4.69) is 4.98 Å². The van der Waals surface area contributed by atoms with E-state index in [0.29, 0.717) is 18.9 Å². The molecule has 4 nitrogen and oxygen atoms in total. The maximum Gasteiger partial charge on any atom is 0.434 e. The van der Waals surface area contributed by atoms with Gasteiger partial charge in [-0.1, -0.05) is 56.0 Å². The molecule has 2 aromatic rings. The maximum absolute atomic E-state index is 13.1. The molecule has 1 aromatic heterocycles. The second kappa shape index (κ2) is 8.15. The molecule has 0 aliphatic heterocycles. The zero-order valence-electron chi connectivity index (χ0n) is 15.3. The van der Waals surface area contributed by atoms with Crippen LogP contribution >= 0.6 is 0 Å². The molecule has 1 saturated carbocycles. The Hall–Kier alpha value is -2.31. The van der Waals surface area contributed by atoms with Crippen LogP contribution < -0.4 is 0 Å². The molecule has 1 amide bonds. The molecule has 1 aromatic carbocycles. The second-order valence-corrected chi connectivity index (χ2v) is 7.29. The fraction of sp³-hybridized carbons (Fsp3) is 0.500. The van der Waals surface area contributed by atoms with E-state index in [0.717, 1.165) is 43.8 Å². The van der Waals surface area contributed by atoms with Gasteiger partial charge in [0.05, 0.1) is 6.33 Å². The Morgan fingerprint density at radius 3 is 2.52 bits per heavy atom. The third kappa shape index (κ3) is 4.90. The highest BCUT2D eigenvalue weighted by Gasteiger charge is 2.35. The van der Waals surface area contributed by atoms with Gasteiger partial charge in [-0.25, -0.2) is 4.98 Å². The quantitative estimate of drug-likeness (QED) is 0.731. The summed E-state index contributed by atoms with van der Waals surface area (Å²) in [5.41, 5.74) is 0.0204. The van der Waals surface area contributed by atoms with Gasteiger partial charge >= 0.3 is 6.18 Å². The summed E-state index contributed by atoms with van der Waals surface area (Å²) in [5, 5.41) is 0. The molecular weight excluding hydrogens is 355 g/mol. The summed E-state index contributed by atoms with van der Waals surface area (Å²) in [5.74, 6) is 0.178. The minimum Gasteiger partial charge on any atom is -0.340 e. The molecule has 7 heteroatoms. The van der Waals surface area contributed by atoms with Crippen LogP contribution in [0, 0.1) is 5.92 Å².